The SMILES string of the molecule is C[C@H]1c2c(cc(F)c(Cl)c2-c2c(C(N)=O)ccc(OCCO)c2F)O[C@]1(CN[C@H]1CCc2nc(N3CCC(CN4CCC(c5c(F)cc6c(N7CCC(=O)NC7=O)nn(C)c6c5F)CC4)CC3)oc2C1)c1ccccc1. The van der Waals surface area contributed by atoms with Crippen molar-refractivity contribution in [3.8, 4) is 22.6 Å². The van der Waals surface area contributed by atoms with E-state index in [4.69, 9.17) is 36.2 Å². The Morgan fingerprint density at radius 1 is 0.947 bits per heavy atom. The zero-order chi connectivity index (χ0) is 53.2. The van der Waals surface area contributed by atoms with E-state index in [0.29, 0.717) is 56.3 Å². The van der Waals surface area contributed by atoms with Crippen LogP contribution in [-0.4, -0.2) is 108 Å². The van der Waals surface area contributed by atoms with Gasteiger partial charge in [0.2, 0.25) is 11.8 Å². The third-order valence-corrected chi connectivity index (χ3v) is 16.6. The summed E-state index contributed by atoms with van der Waals surface area (Å²) < 4.78 is 84.7. The fourth-order valence-electron chi connectivity index (χ4n) is 12.2. The van der Waals surface area contributed by atoms with E-state index in [1.54, 1.807) is 7.05 Å². The fraction of sp³-hybridized carbons (Fsp3) is 0.436. The topological polar surface area (TPSA) is 194 Å². The second kappa shape index (κ2) is 20.7. The first-order chi connectivity index (χ1) is 36.6. The van der Waals surface area contributed by atoms with Crippen LogP contribution >= 0.6 is 11.6 Å². The Labute approximate surface area is 440 Å². The van der Waals surface area contributed by atoms with E-state index < -0.39 is 64.3 Å². The monoisotopic (exact) mass is 1070 g/mol. The number of rotatable bonds is 14. The highest BCUT2D eigenvalue weighted by Gasteiger charge is 2.50. The molecule has 5 N–H and O–H groups in total. The molecule has 0 unspecified atom stereocenters. The van der Waals surface area contributed by atoms with Crippen LogP contribution in [0.15, 0.2) is 59.0 Å². The Balaban J connectivity index is 0.727. The van der Waals surface area contributed by atoms with Crippen molar-refractivity contribution in [2.24, 2.45) is 18.7 Å². The number of nitrogens with two attached hydrogens (primary N) is 1. The number of primary amides is 1. The minimum absolute atomic E-state index is 0.0490. The van der Waals surface area contributed by atoms with Crippen molar-refractivity contribution in [3.63, 3.8) is 0 Å². The van der Waals surface area contributed by atoms with Gasteiger partial charge >= 0.3 is 6.03 Å². The lowest BCUT2D eigenvalue weighted by molar-refractivity contribution is -0.120. The summed E-state index contributed by atoms with van der Waals surface area (Å²) in [5.41, 5.74) is 6.28. The van der Waals surface area contributed by atoms with Gasteiger partial charge in [-0.25, -0.2) is 22.4 Å². The van der Waals surface area contributed by atoms with Crippen molar-refractivity contribution in [2.45, 2.75) is 81.8 Å². The maximum Gasteiger partial charge on any atom is 0.329 e. The van der Waals surface area contributed by atoms with Crippen LogP contribution < -0.4 is 35.6 Å². The number of fused-ring (bicyclic) bond motifs is 3. The number of amides is 4. The first kappa shape index (κ1) is 51.4. The summed E-state index contributed by atoms with van der Waals surface area (Å²) >= 11 is 6.74. The molecule has 4 aromatic carbocycles. The van der Waals surface area contributed by atoms with Gasteiger partial charge in [-0.05, 0) is 87.2 Å². The number of piperidine rings is 2. The zero-order valence-corrected chi connectivity index (χ0v) is 42.8. The molecule has 3 atom stereocenters. The standard InChI is InChI=1S/C55H58ClF4N9O7/c1-29-43-41(26-37(58)47(56)46(43)45-34(51(61)72)9-11-39(48(45)59)74-23-22-70)76-55(29,32-6-4-3-5-7-32)28-62-33-8-10-38-40(24-33)75-54(63-38)68-19-12-30(13-20-68)27-67-17-14-31(15-18-67)44-36(57)25-35-50(49(44)60)66(2)65-52(35)69-21-16-42(71)64-53(69)73/h3-7,9,11,25-26,29-31,33,62,70H,8,10,12-24,27-28H2,1-2H3,(H2,61,72)(H,64,71,73)/t29-,33-,55-/m0/s1. The smallest absolute Gasteiger partial charge is 0.329 e. The Kier molecular flexibility index (Phi) is 14.0. The number of nitrogens with one attached hydrogen (secondary N) is 2. The summed E-state index contributed by atoms with van der Waals surface area (Å²) in [4.78, 5) is 47.9. The summed E-state index contributed by atoms with van der Waals surface area (Å²) in [6, 6.07) is 14.4. The minimum atomic E-state index is -1.15. The quantitative estimate of drug-likeness (QED) is 0.0770. The molecule has 6 heterocycles. The minimum Gasteiger partial charge on any atom is -0.488 e. The average Bonchev–Trinajstić information content (AvgIpc) is 4.18. The fourth-order valence-corrected chi connectivity index (χ4v) is 12.5. The molecule has 16 nitrogen and oxygen atoms in total. The lowest BCUT2D eigenvalue weighted by Crippen LogP contribution is -2.49. The molecule has 0 spiro atoms. The van der Waals surface area contributed by atoms with E-state index in [2.05, 4.69) is 25.5 Å². The number of aromatic nitrogens is 3. The lowest BCUT2D eigenvalue weighted by atomic mass is 9.77. The number of aliphatic hydroxyl groups is 1. The first-order valence-electron chi connectivity index (χ1n) is 25.9. The van der Waals surface area contributed by atoms with Crippen molar-refractivity contribution in [1.82, 2.24) is 30.3 Å². The molecular weight excluding hydrogens is 1010 g/mol. The van der Waals surface area contributed by atoms with Crippen molar-refractivity contribution in [3.05, 3.63) is 117 Å². The third-order valence-electron chi connectivity index (χ3n) is 16.2. The summed E-state index contributed by atoms with van der Waals surface area (Å²) in [5, 5.41) is 19.5. The van der Waals surface area contributed by atoms with Gasteiger partial charge in [0, 0.05) is 92.9 Å². The van der Waals surface area contributed by atoms with E-state index in [9.17, 15) is 19.5 Å². The molecular formula is C55H58ClF4N9O7. The van der Waals surface area contributed by atoms with Crippen LogP contribution in [0.4, 0.5) is 34.2 Å². The number of hydrogen-bond donors (Lipinski definition) is 4. The Morgan fingerprint density at radius 3 is 2.43 bits per heavy atom. The predicted molar refractivity (Wildman–Crippen MR) is 275 cm³/mol. The van der Waals surface area contributed by atoms with Gasteiger partial charge in [-0.2, -0.15) is 10.1 Å². The first-order valence-corrected chi connectivity index (χ1v) is 26.3. The number of ether oxygens (including phenoxy) is 2. The number of carbonyl (C=O) groups excluding carboxylic acids is 3. The van der Waals surface area contributed by atoms with Crippen LogP contribution in [0.5, 0.6) is 11.5 Å². The van der Waals surface area contributed by atoms with Crippen molar-refractivity contribution >= 4 is 52.2 Å². The number of imide groups is 1. The number of hydrogen-bond acceptors (Lipinski definition) is 12. The highest BCUT2D eigenvalue weighted by atomic mass is 35.5. The molecule has 400 valence electrons. The zero-order valence-electron chi connectivity index (χ0n) is 42.1. The highest BCUT2D eigenvalue weighted by molar-refractivity contribution is 6.34. The molecule has 4 amide bonds. The highest BCUT2D eigenvalue weighted by Crippen LogP contribution is 2.57. The van der Waals surface area contributed by atoms with Gasteiger partial charge in [0.25, 0.3) is 6.01 Å². The van der Waals surface area contributed by atoms with Crippen LogP contribution in [0.25, 0.3) is 22.0 Å². The molecule has 0 bridgehead atoms. The van der Waals surface area contributed by atoms with E-state index in [1.165, 1.54) is 33.8 Å². The molecule has 3 saturated heterocycles. The van der Waals surface area contributed by atoms with Crippen LogP contribution in [0, 0.1) is 29.2 Å². The summed E-state index contributed by atoms with van der Waals surface area (Å²) in [6.45, 7) is 5.43. The third kappa shape index (κ3) is 9.19. The van der Waals surface area contributed by atoms with E-state index in [1.807, 2.05) is 37.3 Å². The molecule has 0 radical (unpaired) electrons. The number of halogens is 5. The van der Waals surface area contributed by atoms with Gasteiger partial charge in [-0.1, -0.05) is 48.9 Å². The second-order valence-electron chi connectivity index (χ2n) is 20.7. The molecule has 4 aliphatic heterocycles. The largest absolute Gasteiger partial charge is 0.488 e. The summed E-state index contributed by atoms with van der Waals surface area (Å²) in [7, 11) is 1.57. The second-order valence-corrected chi connectivity index (χ2v) is 21.0. The Hall–Kier alpha value is -6.74. The van der Waals surface area contributed by atoms with Gasteiger partial charge < -0.3 is 39.8 Å². The molecule has 1 aliphatic carbocycles. The number of likely N-dealkylation sites (tertiary alicyclic amines) is 1. The number of nitrogens with zero attached hydrogens (tertiary/aromatic N) is 6. The van der Waals surface area contributed by atoms with Crippen LogP contribution in [0.3, 0.4) is 0 Å². The number of urea groups is 1. The van der Waals surface area contributed by atoms with Crippen molar-refractivity contribution in [2.75, 3.05) is 68.8 Å². The van der Waals surface area contributed by atoms with Gasteiger partial charge in [0.05, 0.1) is 28.3 Å². The van der Waals surface area contributed by atoms with Gasteiger partial charge in [0.1, 0.15) is 35.3 Å². The van der Waals surface area contributed by atoms with Gasteiger partial charge in [-0.15, -0.1) is 0 Å². The Bertz CT molecular complexity index is 3250. The molecule has 11 rings (SSSR count). The summed E-state index contributed by atoms with van der Waals surface area (Å²) in [5.74, 6) is -4.23. The maximum absolute atomic E-state index is 16.5. The number of anilines is 2. The molecule has 3 fully saturated rings. The molecule has 0 saturated carbocycles. The number of oxazole rings is 1. The van der Waals surface area contributed by atoms with E-state index in [-0.39, 0.29) is 88.6 Å². The molecule has 76 heavy (non-hydrogen) atoms. The predicted octanol–water partition coefficient (Wildman–Crippen LogP) is 7.99. The van der Waals surface area contributed by atoms with Crippen LogP contribution in [0.2, 0.25) is 5.02 Å². The Morgan fingerprint density at radius 2 is 1.71 bits per heavy atom. The maximum atomic E-state index is 16.5. The van der Waals surface area contributed by atoms with Crippen molar-refractivity contribution in [1.29, 1.82) is 0 Å². The van der Waals surface area contributed by atoms with Crippen LogP contribution in [0.1, 0.15) is 95.8 Å². The normalized spacial score (nSPS) is 21.5. The lowest BCUT2D eigenvalue weighted by Gasteiger charge is -2.37. The van der Waals surface area contributed by atoms with Gasteiger partial charge in [0.15, 0.2) is 28.8 Å². The van der Waals surface area contributed by atoms with E-state index >= 15 is 17.6 Å². The number of benzene rings is 4. The molecule has 2 aromatic heterocycles. The summed E-state index contributed by atoms with van der Waals surface area (Å²) in [6.07, 6.45) is 5.11. The van der Waals surface area contributed by atoms with Crippen molar-refractivity contribution < 1.29 is 50.9 Å². The molecule has 6 aromatic rings. The van der Waals surface area contributed by atoms with E-state index in [0.717, 1.165) is 55.9 Å². The number of aliphatic hydroxyl groups excluding tert-OH is 1. The van der Waals surface area contributed by atoms with Gasteiger partial charge in [-0.3, -0.25) is 24.5 Å². The number of carbonyl (C=O) groups is 3. The number of aryl methyl sites for hydroxylation is 2. The van der Waals surface area contributed by atoms with Crippen LogP contribution in [-0.2, 0) is 30.3 Å². The average molecular weight is 1070 g/mol. The molecule has 5 aliphatic rings. The molecule has 21 heteroatoms.